The molecule has 27 heavy (non-hydrogen) atoms. The Bertz CT molecular complexity index is 770. The number of carbonyl (C=O) groups excluding carboxylic acids is 2. The molecule has 0 bridgehead atoms. The maximum Gasteiger partial charge on any atom is 0.335 e. The predicted octanol–water partition coefficient (Wildman–Crippen LogP) is 0.442. The Morgan fingerprint density at radius 2 is 1.37 bits per heavy atom. The molecular formula is C17H20N2O8. The quantitative estimate of drug-likeness (QED) is 0.466. The summed E-state index contributed by atoms with van der Waals surface area (Å²) in [5.74, 6) is -6.94. The van der Waals surface area contributed by atoms with Gasteiger partial charge in [0.1, 0.15) is 0 Å². The maximum atomic E-state index is 12.6. The number of carboxylic acid groups (broad SMARTS) is 3. The zero-order valence-electron chi connectivity index (χ0n) is 14.9. The van der Waals surface area contributed by atoms with E-state index < -0.39 is 58.7 Å². The number of anilines is 1. The highest BCUT2D eigenvalue weighted by Crippen LogP contribution is 2.24. The van der Waals surface area contributed by atoms with E-state index in [1.807, 2.05) is 0 Å². The minimum Gasteiger partial charge on any atom is -0.479 e. The van der Waals surface area contributed by atoms with Crippen LogP contribution >= 0.6 is 0 Å². The van der Waals surface area contributed by atoms with Crippen molar-refractivity contribution < 1.29 is 39.3 Å². The summed E-state index contributed by atoms with van der Waals surface area (Å²) in [4.78, 5) is 59.4. The number of amides is 1. The van der Waals surface area contributed by atoms with Gasteiger partial charge in [-0.25, -0.2) is 14.4 Å². The number of aliphatic carboxylic acids is 1. The fraction of sp³-hybridized carbons (Fsp3) is 0.353. The highest BCUT2D eigenvalue weighted by molar-refractivity contribution is 6.14. The number of ketones is 1. The van der Waals surface area contributed by atoms with Gasteiger partial charge < -0.3 is 21.1 Å². The number of hydrogen-bond donors (Lipinski definition) is 4. The molecule has 1 amide bonds. The molecule has 1 rings (SSSR count). The van der Waals surface area contributed by atoms with Crippen LogP contribution in [0, 0.1) is 5.92 Å². The van der Waals surface area contributed by atoms with Crippen LogP contribution in [0.15, 0.2) is 18.2 Å². The van der Waals surface area contributed by atoms with E-state index in [9.17, 15) is 29.1 Å². The van der Waals surface area contributed by atoms with Gasteiger partial charge in [-0.3, -0.25) is 14.5 Å². The van der Waals surface area contributed by atoms with Crippen molar-refractivity contribution in [1.82, 2.24) is 0 Å². The monoisotopic (exact) mass is 380 g/mol. The summed E-state index contributed by atoms with van der Waals surface area (Å²) in [6.45, 7) is 4.15. The van der Waals surface area contributed by atoms with Gasteiger partial charge in [-0.15, -0.1) is 0 Å². The summed E-state index contributed by atoms with van der Waals surface area (Å²) in [7, 11) is 0. The van der Waals surface area contributed by atoms with Crippen LogP contribution in [0.2, 0.25) is 0 Å². The third kappa shape index (κ3) is 4.88. The second-order valence-corrected chi connectivity index (χ2v) is 6.18. The van der Waals surface area contributed by atoms with E-state index in [1.54, 1.807) is 13.8 Å². The lowest BCUT2D eigenvalue weighted by molar-refractivity contribution is -0.144. The average molecular weight is 380 g/mol. The smallest absolute Gasteiger partial charge is 0.335 e. The van der Waals surface area contributed by atoms with Crippen LogP contribution in [0.5, 0.6) is 0 Å². The number of nitrogens with zero attached hydrogens (tertiary/aromatic N) is 1. The van der Waals surface area contributed by atoms with E-state index in [4.69, 9.17) is 15.9 Å². The van der Waals surface area contributed by atoms with Crippen LogP contribution in [0.4, 0.5) is 5.69 Å². The average Bonchev–Trinajstić information content (AvgIpc) is 2.56. The minimum atomic E-state index is -2.04. The number of rotatable bonds is 8. The van der Waals surface area contributed by atoms with Gasteiger partial charge in [0.2, 0.25) is 5.91 Å². The minimum absolute atomic E-state index is 0.350. The summed E-state index contributed by atoms with van der Waals surface area (Å²) in [6.07, 6.45) is 0. The first-order valence-corrected chi connectivity index (χ1v) is 7.82. The molecule has 0 aliphatic rings. The molecule has 10 heteroatoms. The molecule has 0 aromatic heterocycles. The van der Waals surface area contributed by atoms with Crippen molar-refractivity contribution in [3.05, 3.63) is 29.3 Å². The molecule has 0 aliphatic heterocycles. The first-order valence-electron chi connectivity index (χ1n) is 7.82. The lowest BCUT2D eigenvalue weighted by Gasteiger charge is -2.30. The highest BCUT2D eigenvalue weighted by Gasteiger charge is 2.39. The van der Waals surface area contributed by atoms with Gasteiger partial charge >= 0.3 is 17.9 Å². The molecule has 0 heterocycles. The molecule has 2 atom stereocenters. The van der Waals surface area contributed by atoms with Crippen molar-refractivity contribution >= 4 is 35.3 Å². The molecule has 0 saturated heterocycles. The SMILES string of the molecule is CC(=O)N(c1cc(C(=O)O)cc(C(=O)O)c1)C(C(=O)O)C(=O)C(N)C(C)C. The standard InChI is InChI=1S/C17H20N2O8/c1-7(2)12(18)14(21)13(17(26)27)19(8(3)20)11-5-9(15(22)23)4-10(6-11)16(24)25/h4-7,12-13H,18H2,1-3H3,(H,22,23)(H,24,25)(H,26,27). The molecule has 0 fully saturated rings. The second kappa shape index (κ2) is 8.41. The van der Waals surface area contributed by atoms with E-state index in [2.05, 4.69) is 0 Å². The third-order valence-corrected chi connectivity index (χ3v) is 3.84. The first-order chi connectivity index (χ1) is 12.4. The van der Waals surface area contributed by atoms with E-state index in [0.29, 0.717) is 4.90 Å². The second-order valence-electron chi connectivity index (χ2n) is 6.18. The third-order valence-electron chi connectivity index (χ3n) is 3.84. The Morgan fingerprint density at radius 1 is 0.926 bits per heavy atom. The van der Waals surface area contributed by atoms with E-state index in [0.717, 1.165) is 25.1 Å². The van der Waals surface area contributed by atoms with Crippen LogP contribution in [-0.2, 0) is 14.4 Å². The van der Waals surface area contributed by atoms with Crippen molar-refractivity contribution in [1.29, 1.82) is 0 Å². The van der Waals surface area contributed by atoms with Gasteiger partial charge in [-0.05, 0) is 24.1 Å². The molecule has 0 radical (unpaired) electrons. The molecule has 1 aromatic carbocycles. The van der Waals surface area contributed by atoms with Crippen LogP contribution in [-0.4, -0.2) is 57.0 Å². The molecule has 2 unspecified atom stereocenters. The van der Waals surface area contributed by atoms with Crippen molar-refractivity contribution in [3.8, 4) is 0 Å². The largest absolute Gasteiger partial charge is 0.479 e. The molecular weight excluding hydrogens is 360 g/mol. The fourth-order valence-electron chi connectivity index (χ4n) is 2.38. The van der Waals surface area contributed by atoms with Crippen molar-refractivity contribution in [2.45, 2.75) is 32.9 Å². The normalized spacial score (nSPS) is 12.9. The maximum absolute atomic E-state index is 12.6. The van der Waals surface area contributed by atoms with Gasteiger partial charge in [0.25, 0.3) is 0 Å². The van der Waals surface area contributed by atoms with Crippen molar-refractivity contribution in [2.75, 3.05) is 4.90 Å². The van der Waals surface area contributed by atoms with Crippen LogP contribution < -0.4 is 10.6 Å². The van der Waals surface area contributed by atoms with E-state index in [-0.39, 0.29) is 5.69 Å². The van der Waals surface area contributed by atoms with Gasteiger partial charge in [0, 0.05) is 12.6 Å². The predicted molar refractivity (Wildman–Crippen MR) is 92.8 cm³/mol. The fourth-order valence-corrected chi connectivity index (χ4v) is 2.38. The Kier molecular flexibility index (Phi) is 6.78. The van der Waals surface area contributed by atoms with Crippen LogP contribution in [0.25, 0.3) is 0 Å². The Morgan fingerprint density at radius 3 is 1.67 bits per heavy atom. The molecule has 5 N–H and O–H groups in total. The summed E-state index contributed by atoms with van der Waals surface area (Å²) in [5.41, 5.74) is 4.41. The number of carbonyl (C=O) groups is 5. The summed E-state index contributed by atoms with van der Waals surface area (Å²) in [6, 6.07) is -0.551. The summed E-state index contributed by atoms with van der Waals surface area (Å²) >= 11 is 0. The number of carboxylic acids is 3. The number of nitrogens with two attached hydrogens (primary N) is 1. The summed E-state index contributed by atoms with van der Waals surface area (Å²) in [5, 5.41) is 27.8. The molecule has 146 valence electrons. The lowest BCUT2D eigenvalue weighted by Crippen LogP contribution is -2.55. The summed E-state index contributed by atoms with van der Waals surface area (Å²) < 4.78 is 0. The number of aromatic carboxylic acids is 2. The molecule has 0 saturated carbocycles. The van der Waals surface area contributed by atoms with Gasteiger partial charge in [-0.1, -0.05) is 13.8 Å². The van der Waals surface area contributed by atoms with Gasteiger partial charge in [0.05, 0.1) is 17.2 Å². The Hall–Kier alpha value is -3.27. The molecule has 10 nitrogen and oxygen atoms in total. The topological polar surface area (TPSA) is 175 Å². The van der Waals surface area contributed by atoms with Gasteiger partial charge in [0.15, 0.2) is 11.8 Å². The lowest BCUT2D eigenvalue weighted by atomic mass is 9.94. The van der Waals surface area contributed by atoms with Crippen molar-refractivity contribution in [3.63, 3.8) is 0 Å². The zero-order valence-corrected chi connectivity index (χ0v) is 14.9. The Balaban J connectivity index is 3.65. The van der Waals surface area contributed by atoms with Crippen LogP contribution in [0.1, 0.15) is 41.5 Å². The molecule has 1 aromatic rings. The van der Waals surface area contributed by atoms with Crippen molar-refractivity contribution in [2.24, 2.45) is 11.7 Å². The molecule has 0 aliphatic carbocycles. The van der Waals surface area contributed by atoms with E-state index in [1.165, 1.54) is 0 Å². The zero-order chi connectivity index (χ0) is 21.0. The highest BCUT2D eigenvalue weighted by atomic mass is 16.4. The number of benzene rings is 1. The van der Waals surface area contributed by atoms with Gasteiger partial charge in [-0.2, -0.15) is 0 Å². The molecule has 0 spiro atoms. The number of hydrogen-bond acceptors (Lipinski definition) is 6. The van der Waals surface area contributed by atoms with Crippen LogP contribution in [0.3, 0.4) is 0 Å². The van der Waals surface area contributed by atoms with E-state index >= 15 is 0 Å². The number of Topliss-reactive ketones (excluding diaryl/α,β-unsaturated/α-hetero) is 1. The Labute approximate surface area is 154 Å². The first kappa shape index (κ1) is 21.8.